The van der Waals surface area contributed by atoms with Crippen molar-refractivity contribution in [2.45, 2.75) is 43.8 Å². The third-order valence-electron chi connectivity index (χ3n) is 4.29. The van der Waals surface area contributed by atoms with Crippen LogP contribution in [0.15, 0.2) is 18.5 Å². The third kappa shape index (κ3) is 3.08. The van der Waals surface area contributed by atoms with Gasteiger partial charge < -0.3 is 25.4 Å². The quantitative estimate of drug-likeness (QED) is 0.457. The van der Waals surface area contributed by atoms with E-state index < -0.39 is 36.6 Å². The van der Waals surface area contributed by atoms with Crippen LogP contribution in [0.1, 0.15) is 19.5 Å². The number of aliphatic hydroxyl groups excluding tert-OH is 3. The molecule has 0 radical (unpaired) electrons. The molecule has 1 fully saturated rings. The van der Waals surface area contributed by atoms with E-state index in [2.05, 4.69) is 20.7 Å². The number of carbonyl (C=O) groups is 1. The fraction of sp³-hybridized carbons (Fsp3) is 0.500. The van der Waals surface area contributed by atoms with Crippen molar-refractivity contribution in [2.24, 2.45) is 0 Å². The number of aromatic nitrogens is 3. The minimum Gasteiger partial charge on any atom is -0.394 e. The fourth-order valence-electron chi connectivity index (χ4n) is 3.05. The van der Waals surface area contributed by atoms with Gasteiger partial charge in [0, 0.05) is 6.04 Å². The second-order valence-electron chi connectivity index (χ2n) is 6.50. The van der Waals surface area contributed by atoms with Gasteiger partial charge >= 0.3 is 6.03 Å². The summed E-state index contributed by atoms with van der Waals surface area (Å²) in [5, 5.41) is 48.8. The van der Waals surface area contributed by atoms with Crippen molar-refractivity contribution >= 4 is 17.4 Å². The fourth-order valence-corrected chi connectivity index (χ4v) is 3.05. The van der Waals surface area contributed by atoms with E-state index in [1.807, 2.05) is 19.9 Å². The van der Waals surface area contributed by atoms with Gasteiger partial charge in [0.2, 0.25) is 5.60 Å². The van der Waals surface area contributed by atoms with E-state index in [0.717, 1.165) is 0 Å². The predicted octanol–water partition coefficient (Wildman–Crippen LogP) is -0.909. The normalized spacial score (nSPS) is 27.7. The molecule has 3 rings (SSSR count). The zero-order chi connectivity index (χ0) is 19.8. The van der Waals surface area contributed by atoms with Gasteiger partial charge in [-0.3, -0.25) is 5.32 Å². The van der Waals surface area contributed by atoms with E-state index in [1.165, 1.54) is 16.9 Å². The van der Waals surface area contributed by atoms with Gasteiger partial charge in [-0.25, -0.2) is 14.3 Å². The lowest BCUT2D eigenvalue weighted by Crippen LogP contribution is -2.41. The molecule has 0 aliphatic carbocycles. The zero-order valence-electron chi connectivity index (χ0n) is 14.7. The molecule has 2 aromatic heterocycles. The zero-order valence-corrected chi connectivity index (χ0v) is 14.7. The number of hydrogen-bond acceptors (Lipinski definition) is 8. The minimum absolute atomic E-state index is 0.0778. The summed E-state index contributed by atoms with van der Waals surface area (Å²) in [5.74, 6) is 0.189. The van der Waals surface area contributed by atoms with Gasteiger partial charge in [0.05, 0.1) is 12.3 Å². The molecule has 0 spiro atoms. The van der Waals surface area contributed by atoms with Crippen LogP contribution in [-0.2, 0) is 10.3 Å². The molecule has 2 aromatic rings. The topological polar surface area (TPSA) is 165 Å². The van der Waals surface area contributed by atoms with Crippen LogP contribution in [-0.4, -0.2) is 66.9 Å². The summed E-state index contributed by atoms with van der Waals surface area (Å²) in [5.41, 5.74) is -1.44. The summed E-state index contributed by atoms with van der Waals surface area (Å²) in [6.45, 7) is 3.05. The summed E-state index contributed by atoms with van der Waals surface area (Å²) in [4.78, 5) is 16.0. The van der Waals surface area contributed by atoms with E-state index in [4.69, 9.17) is 4.74 Å². The average Bonchev–Trinajstić information content (AvgIpc) is 3.16. The molecule has 5 N–H and O–H groups in total. The molecule has 1 aliphatic heterocycles. The Kier molecular flexibility index (Phi) is 4.99. The SMILES string of the molecule is CC(C)NC(=O)Nc1ncnn2c([C@]3(C#N)O[C@H](CO)[C@@H](O)[C@H]3O)ccc12. The van der Waals surface area contributed by atoms with E-state index in [0.29, 0.717) is 5.52 Å². The Labute approximate surface area is 154 Å². The van der Waals surface area contributed by atoms with Crippen LogP contribution in [0.2, 0.25) is 0 Å². The molecule has 11 nitrogen and oxygen atoms in total. The number of anilines is 1. The first kappa shape index (κ1) is 19.0. The van der Waals surface area contributed by atoms with Crippen LogP contribution in [0.5, 0.6) is 0 Å². The van der Waals surface area contributed by atoms with Gasteiger partial charge in [-0.1, -0.05) is 0 Å². The van der Waals surface area contributed by atoms with Gasteiger partial charge in [-0.2, -0.15) is 10.4 Å². The first-order valence-corrected chi connectivity index (χ1v) is 8.31. The number of nitrogens with one attached hydrogen (secondary N) is 2. The first-order chi connectivity index (χ1) is 12.8. The molecular weight excluding hydrogens is 356 g/mol. The van der Waals surface area contributed by atoms with E-state index in [9.17, 15) is 25.4 Å². The molecule has 27 heavy (non-hydrogen) atoms. The highest BCUT2D eigenvalue weighted by Gasteiger charge is 2.57. The van der Waals surface area contributed by atoms with Crippen molar-refractivity contribution in [3.8, 4) is 6.07 Å². The van der Waals surface area contributed by atoms with Gasteiger partial charge in [-0.15, -0.1) is 0 Å². The predicted molar refractivity (Wildman–Crippen MR) is 91.5 cm³/mol. The highest BCUT2D eigenvalue weighted by molar-refractivity contribution is 5.92. The van der Waals surface area contributed by atoms with Crippen LogP contribution in [0.25, 0.3) is 5.52 Å². The molecule has 144 valence electrons. The van der Waals surface area contributed by atoms with Crippen molar-refractivity contribution in [3.63, 3.8) is 0 Å². The van der Waals surface area contributed by atoms with Crippen LogP contribution >= 0.6 is 0 Å². The Balaban J connectivity index is 2.03. The second-order valence-corrected chi connectivity index (χ2v) is 6.50. The maximum absolute atomic E-state index is 12.0. The smallest absolute Gasteiger partial charge is 0.320 e. The van der Waals surface area contributed by atoms with Crippen molar-refractivity contribution in [1.29, 1.82) is 5.26 Å². The van der Waals surface area contributed by atoms with Crippen molar-refractivity contribution in [1.82, 2.24) is 19.9 Å². The number of ether oxygens (including phenoxy) is 1. The molecule has 11 heteroatoms. The Morgan fingerprint density at radius 1 is 1.48 bits per heavy atom. The van der Waals surface area contributed by atoms with Crippen LogP contribution in [0, 0.1) is 11.3 Å². The highest BCUT2D eigenvalue weighted by atomic mass is 16.6. The molecule has 0 saturated carbocycles. The molecule has 0 bridgehead atoms. The first-order valence-electron chi connectivity index (χ1n) is 8.31. The number of amides is 2. The largest absolute Gasteiger partial charge is 0.394 e. The molecule has 0 unspecified atom stereocenters. The summed E-state index contributed by atoms with van der Waals surface area (Å²) in [6, 6.07) is 4.37. The van der Waals surface area contributed by atoms with Gasteiger partial charge in [-0.05, 0) is 26.0 Å². The standard InChI is InChI=1S/C16H20N6O5/c1-8(2)20-15(26)21-14-9-3-4-11(22(9)19-7-18-14)16(6-17)13(25)12(24)10(5-23)27-16/h3-4,7-8,10,12-13,23-25H,5H2,1-2H3,(H2,18,19,20,21,26)/t10-,12-,13-,16+/m1/s1. The molecule has 3 heterocycles. The third-order valence-corrected chi connectivity index (χ3v) is 4.29. The van der Waals surface area contributed by atoms with Crippen molar-refractivity contribution in [3.05, 3.63) is 24.2 Å². The van der Waals surface area contributed by atoms with E-state index in [-0.39, 0.29) is 17.6 Å². The second kappa shape index (κ2) is 7.09. The molecule has 1 saturated heterocycles. The van der Waals surface area contributed by atoms with Crippen LogP contribution < -0.4 is 10.6 Å². The summed E-state index contributed by atoms with van der Waals surface area (Å²) in [7, 11) is 0. The van der Waals surface area contributed by atoms with Crippen molar-refractivity contribution < 1.29 is 24.9 Å². The number of rotatable bonds is 4. The van der Waals surface area contributed by atoms with Gasteiger partial charge in [0.1, 0.15) is 36.2 Å². The maximum Gasteiger partial charge on any atom is 0.320 e. The molecule has 0 aromatic carbocycles. The number of fused-ring (bicyclic) bond motifs is 1. The Hall–Kier alpha value is -2.78. The lowest BCUT2D eigenvalue weighted by molar-refractivity contribution is -0.0643. The Bertz CT molecular complexity index is 893. The lowest BCUT2D eigenvalue weighted by atomic mass is 9.92. The Morgan fingerprint density at radius 2 is 2.22 bits per heavy atom. The minimum atomic E-state index is -1.94. The molecule has 4 atom stereocenters. The maximum atomic E-state index is 12.0. The average molecular weight is 376 g/mol. The number of aliphatic hydroxyl groups is 3. The van der Waals surface area contributed by atoms with Gasteiger partial charge in [0.15, 0.2) is 5.82 Å². The summed E-state index contributed by atoms with van der Waals surface area (Å²) in [6.07, 6.45) is -3.00. The van der Waals surface area contributed by atoms with Crippen molar-refractivity contribution in [2.75, 3.05) is 11.9 Å². The monoisotopic (exact) mass is 376 g/mol. The number of urea groups is 1. The number of hydrogen-bond donors (Lipinski definition) is 5. The molecule has 1 aliphatic rings. The lowest BCUT2D eigenvalue weighted by Gasteiger charge is -2.24. The summed E-state index contributed by atoms with van der Waals surface area (Å²) < 4.78 is 6.79. The van der Waals surface area contributed by atoms with Crippen LogP contribution in [0.4, 0.5) is 10.6 Å². The Morgan fingerprint density at radius 3 is 2.81 bits per heavy atom. The molecular formula is C16H20N6O5. The number of nitrogens with zero attached hydrogens (tertiary/aromatic N) is 4. The van der Waals surface area contributed by atoms with E-state index in [1.54, 1.807) is 6.07 Å². The molecule has 2 amide bonds. The summed E-state index contributed by atoms with van der Waals surface area (Å²) >= 11 is 0. The number of carbonyl (C=O) groups excluding carboxylic acids is 1. The van der Waals surface area contributed by atoms with Gasteiger partial charge in [0.25, 0.3) is 0 Å². The van der Waals surface area contributed by atoms with E-state index >= 15 is 0 Å². The van der Waals surface area contributed by atoms with Crippen LogP contribution in [0.3, 0.4) is 0 Å². The highest BCUT2D eigenvalue weighted by Crippen LogP contribution is 2.40. The number of nitriles is 1.